The van der Waals surface area contributed by atoms with Crippen LogP contribution < -0.4 is 15.5 Å². The second-order valence-corrected chi connectivity index (χ2v) is 17.7. The number of hydrogen-bond acceptors (Lipinski definition) is 4. The molecule has 0 fully saturated rings. The fourth-order valence-corrected chi connectivity index (χ4v) is 11.7. The van der Waals surface area contributed by atoms with Gasteiger partial charge in [-0.1, -0.05) is 158 Å². The third-order valence-corrected chi connectivity index (χ3v) is 14.5. The Morgan fingerprint density at radius 3 is 2.31 bits per heavy atom. The molecule has 0 saturated carbocycles. The molecule has 4 nitrogen and oxygen atoms in total. The maximum absolute atomic E-state index is 6.45. The van der Waals surface area contributed by atoms with Gasteiger partial charge in [-0.2, -0.15) is 0 Å². The van der Waals surface area contributed by atoms with Crippen molar-refractivity contribution >= 4 is 51.1 Å². The molecule has 4 unspecified atom stereocenters. The first-order valence-electron chi connectivity index (χ1n) is 22.3. The fourth-order valence-electron chi connectivity index (χ4n) is 11.7. The minimum absolute atomic E-state index is 0.0490. The first-order chi connectivity index (χ1) is 30.7. The second-order valence-electron chi connectivity index (χ2n) is 17.7. The van der Waals surface area contributed by atoms with Gasteiger partial charge in [-0.15, -0.1) is 0 Å². The number of fused-ring (bicyclic) bond motifs is 12. The molecule has 4 heteroatoms. The van der Waals surface area contributed by atoms with Crippen LogP contribution >= 0.6 is 0 Å². The van der Waals surface area contributed by atoms with E-state index in [1.807, 2.05) is 0 Å². The summed E-state index contributed by atoms with van der Waals surface area (Å²) in [7, 11) is 0. The first kappa shape index (κ1) is 34.4. The Hall–Kier alpha value is -7.30. The smallest absolute Gasteiger partial charge is 0.231 e. The van der Waals surface area contributed by atoms with Crippen molar-refractivity contribution in [1.29, 1.82) is 0 Å². The molecule has 6 aliphatic rings. The summed E-state index contributed by atoms with van der Waals surface area (Å²) in [5, 5.41) is 6.11. The van der Waals surface area contributed by atoms with Gasteiger partial charge in [0.1, 0.15) is 11.3 Å². The lowest BCUT2D eigenvalue weighted by molar-refractivity contribution is 0.546. The molecule has 0 radical (unpaired) electrons. The Balaban J connectivity index is 0.837. The highest BCUT2D eigenvalue weighted by molar-refractivity contribution is 6.03. The molecule has 14 rings (SSSR count). The number of rotatable bonds is 4. The van der Waals surface area contributed by atoms with Crippen LogP contribution in [-0.4, -0.2) is 16.0 Å². The summed E-state index contributed by atoms with van der Waals surface area (Å²) < 4.78 is 6.45. The van der Waals surface area contributed by atoms with Crippen molar-refractivity contribution in [3.05, 3.63) is 208 Å². The Morgan fingerprint density at radius 1 is 0.597 bits per heavy atom. The van der Waals surface area contributed by atoms with Gasteiger partial charge in [-0.25, -0.2) is 9.97 Å². The van der Waals surface area contributed by atoms with E-state index in [2.05, 4.69) is 181 Å². The Bertz CT molecular complexity index is 3480. The zero-order chi connectivity index (χ0) is 40.5. The van der Waals surface area contributed by atoms with Gasteiger partial charge in [0, 0.05) is 51.6 Å². The SMILES string of the molecule is C1=CC2c3cccc4c(-c5ccc(-c6nc(N7c8ccccc8C8C=C(c9ccc%10oc%11c(c%10c9)-c9ccccc9CC%11)C=CC87)nc7c6=CCCC=7)cc5)ccc(c34)C2C=C1. The summed E-state index contributed by atoms with van der Waals surface area (Å²) >= 11 is 0. The van der Waals surface area contributed by atoms with Crippen molar-refractivity contribution in [2.75, 3.05) is 4.90 Å². The summed E-state index contributed by atoms with van der Waals surface area (Å²) in [6.07, 6.45) is 24.8. The number of aryl methyl sites for hydroxylation is 2. The first-order valence-corrected chi connectivity index (χ1v) is 22.3. The normalized spacial score (nSPS) is 20.8. The van der Waals surface area contributed by atoms with Crippen LogP contribution in [0, 0.1) is 0 Å². The van der Waals surface area contributed by atoms with Crippen molar-refractivity contribution in [2.24, 2.45) is 0 Å². The Kier molecular flexibility index (Phi) is 7.27. The molecule has 0 bridgehead atoms. The zero-order valence-electron chi connectivity index (χ0n) is 34.1. The predicted octanol–water partition coefficient (Wildman–Crippen LogP) is 12.4. The van der Waals surface area contributed by atoms with Gasteiger partial charge in [-0.3, -0.25) is 0 Å². The van der Waals surface area contributed by atoms with Gasteiger partial charge in [0.2, 0.25) is 5.95 Å². The molecular weight excluding hydrogens is 755 g/mol. The minimum Gasteiger partial charge on any atom is -0.460 e. The van der Waals surface area contributed by atoms with Gasteiger partial charge in [0.15, 0.2) is 0 Å². The van der Waals surface area contributed by atoms with E-state index in [0.717, 1.165) is 64.8 Å². The molecule has 4 atom stereocenters. The standard InChI is InChI=1S/C58H41N3O/c1-2-11-40-34(10-1)25-31-54-56(40)49-33-38(26-30-53(49)62-54)37-24-29-52-48(32-37)43-14-6-8-19-51(43)61(52)58-59-50-18-7-5-15-47(50)57(60-58)36-22-20-35(21-23-36)39-27-28-46-42-13-4-3-12-41(42)45-17-9-16-44(39)55(45)46/h1-4,6,8-24,26-30,32-33,41-42,48,52H,5,7,25,31H2. The molecule has 8 aromatic rings. The van der Waals surface area contributed by atoms with Gasteiger partial charge in [0.05, 0.1) is 17.1 Å². The van der Waals surface area contributed by atoms with E-state index in [0.29, 0.717) is 11.8 Å². The zero-order valence-corrected chi connectivity index (χ0v) is 34.1. The minimum atomic E-state index is 0.0490. The molecule has 0 spiro atoms. The number of nitrogens with zero attached hydrogens (tertiary/aromatic N) is 3. The topological polar surface area (TPSA) is 42.2 Å². The highest BCUT2D eigenvalue weighted by Gasteiger charge is 2.40. The maximum Gasteiger partial charge on any atom is 0.231 e. The third kappa shape index (κ3) is 4.95. The van der Waals surface area contributed by atoms with Crippen molar-refractivity contribution < 1.29 is 4.42 Å². The molecule has 0 saturated heterocycles. The van der Waals surface area contributed by atoms with E-state index < -0.39 is 0 Å². The van der Waals surface area contributed by atoms with E-state index in [1.165, 1.54) is 77.5 Å². The summed E-state index contributed by atoms with van der Waals surface area (Å²) in [5.74, 6) is 2.84. The lowest BCUT2D eigenvalue weighted by Gasteiger charge is -2.28. The number of anilines is 2. The van der Waals surface area contributed by atoms with E-state index >= 15 is 0 Å². The van der Waals surface area contributed by atoms with Crippen LogP contribution in [0.25, 0.3) is 73.0 Å². The van der Waals surface area contributed by atoms with E-state index in [9.17, 15) is 0 Å². The molecule has 6 aromatic carbocycles. The average Bonchev–Trinajstić information content (AvgIpc) is 4.00. The lowest BCUT2D eigenvalue weighted by Crippen LogP contribution is -2.38. The number of benzene rings is 6. The van der Waals surface area contributed by atoms with Gasteiger partial charge >= 0.3 is 0 Å². The number of allylic oxidation sites excluding steroid dienone is 6. The average molecular weight is 796 g/mol. The molecule has 5 aliphatic carbocycles. The van der Waals surface area contributed by atoms with Crippen LogP contribution in [0.1, 0.15) is 64.2 Å². The second kappa shape index (κ2) is 13.1. The summed E-state index contributed by atoms with van der Waals surface area (Å²) in [4.78, 5) is 13.2. The quantitative estimate of drug-likeness (QED) is 0.178. The molecule has 2 aromatic heterocycles. The van der Waals surface area contributed by atoms with E-state index in [4.69, 9.17) is 14.4 Å². The van der Waals surface area contributed by atoms with Crippen LogP contribution in [0.2, 0.25) is 0 Å². The Morgan fingerprint density at radius 2 is 1.39 bits per heavy atom. The van der Waals surface area contributed by atoms with Crippen molar-refractivity contribution in [1.82, 2.24) is 9.97 Å². The number of para-hydroxylation sites is 1. The number of aromatic nitrogens is 2. The highest BCUT2D eigenvalue weighted by Crippen LogP contribution is 2.52. The fraction of sp³-hybridized carbons (Fsp3) is 0.138. The van der Waals surface area contributed by atoms with E-state index in [-0.39, 0.29) is 12.0 Å². The van der Waals surface area contributed by atoms with E-state index in [1.54, 1.807) is 0 Å². The van der Waals surface area contributed by atoms with Crippen LogP contribution in [0.3, 0.4) is 0 Å². The Labute approximate surface area is 359 Å². The number of hydrogen-bond donors (Lipinski definition) is 0. The largest absolute Gasteiger partial charge is 0.460 e. The van der Waals surface area contributed by atoms with Crippen molar-refractivity contribution in [2.45, 2.75) is 49.5 Å². The maximum atomic E-state index is 6.45. The lowest BCUT2D eigenvalue weighted by atomic mass is 9.85. The molecule has 294 valence electrons. The molecule has 62 heavy (non-hydrogen) atoms. The van der Waals surface area contributed by atoms with Crippen LogP contribution in [0.5, 0.6) is 0 Å². The molecule has 0 N–H and O–H groups in total. The summed E-state index contributed by atoms with van der Waals surface area (Å²) in [6.45, 7) is 0. The molecule has 1 aliphatic heterocycles. The van der Waals surface area contributed by atoms with Gasteiger partial charge < -0.3 is 9.32 Å². The number of furan rings is 1. The third-order valence-electron chi connectivity index (χ3n) is 14.5. The van der Waals surface area contributed by atoms with Crippen LogP contribution in [0.15, 0.2) is 168 Å². The van der Waals surface area contributed by atoms with Gasteiger partial charge in [0.25, 0.3) is 0 Å². The monoisotopic (exact) mass is 795 g/mol. The van der Waals surface area contributed by atoms with Crippen LogP contribution in [0.4, 0.5) is 11.6 Å². The summed E-state index contributed by atoms with van der Waals surface area (Å²) in [6, 6.07) is 45.1. The van der Waals surface area contributed by atoms with Gasteiger partial charge in [-0.05, 0) is 98.3 Å². The van der Waals surface area contributed by atoms with Crippen molar-refractivity contribution in [3.63, 3.8) is 0 Å². The predicted molar refractivity (Wildman–Crippen MR) is 253 cm³/mol. The van der Waals surface area contributed by atoms with Crippen LogP contribution in [-0.2, 0) is 12.8 Å². The molecule has 0 amide bonds. The molecule has 3 heterocycles. The summed E-state index contributed by atoms with van der Waals surface area (Å²) in [5.41, 5.74) is 17.3. The highest BCUT2D eigenvalue weighted by atomic mass is 16.3. The molecular formula is C58H41N3O. The van der Waals surface area contributed by atoms with Crippen molar-refractivity contribution in [3.8, 4) is 33.5 Å².